The average molecular weight is 656 g/mol. The highest BCUT2D eigenvalue weighted by Gasteiger charge is 2.45. The smallest absolute Gasteiger partial charge is 0.252 e. The van der Waals surface area contributed by atoms with E-state index in [-0.39, 0.29) is 17.6 Å². The first kappa shape index (κ1) is 32.8. The summed E-state index contributed by atoms with van der Waals surface area (Å²) in [4.78, 5) is 19.2. The monoisotopic (exact) mass is 655 g/mol. The van der Waals surface area contributed by atoms with E-state index in [1.54, 1.807) is 0 Å². The van der Waals surface area contributed by atoms with Gasteiger partial charge in [-0.2, -0.15) is 0 Å². The highest BCUT2D eigenvalue weighted by atomic mass is 16.5. The number of hydrogen-bond acceptors (Lipinski definition) is 6. The van der Waals surface area contributed by atoms with E-state index in [1.807, 2.05) is 91.9 Å². The van der Waals surface area contributed by atoms with Gasteiger partial charge >= 0.3 is 0 Å². The molecular weight excluding hydrogens is 610 g/mol. The molecule has 5 aromatic rings. The Morgan fingerprint density at radius 1 is 0.959 bits per heavy atom. The van der Waals surface area contributed by atoms with Crippen molar-refractivity contribution < 1.29 is 19.4 Å². The standard InChI is InChI=1S/C42H45N3O4/c1-3-28-19-20-40-33(23-28)37(26-42(49-40)21-12-22-42)43-27-38(46)36(24-29-13-6-5-7-14-29)45-41(47)32-25-35(44-34-17-10-8-15-30(32)34)31-16-9-11-18-39(31)48-4-2/h5-11,13-20,23,25,36-38,43,46H,3-4,12,21-22,24,26-27H2,1-2H3,(H,45,47)/t36-,37-,38-/m0/s1. The topological polar surface area (TPSA) is 92.7 Å². The van der Waals surface area contributed by atoms with Crippen molar-refractivity contribution in [2.45, 2.75) is 76.2 Å². The number of aliphatic hydroxyl groups excluding tert-OH is 1. The van der Waals surface area contributed by atoms with Crippen molar-refractivity contribution >= 4 is 16.8 Å². The zero-order chi connectivity index (χ0) is 33.8. The summed E-state index contributed by atoms with van der Waals surface area (Å²) in [7, 11) is 0. The summed E-state index contributed by atoms with van der Waals surface area (Å²) in [5.41, 5.74) is 6.01. The van der Waals surface area contributed by atoms with Gasteiger partial charge in [-0.15, -0.1) is 0 Å². The third kappa shape index (κ3) is 7.05. The molecule has 7 rings (SSSR count). The van der Waals surface area contributed by atoms with E-state index < -0.39 is 12.1 Å². The SMILES string of the molecule is CCOc1ccccc1-c1cc(C(=O)N[C@@H](Cc2ccccc2)[C@@H](O)CN[C@H]2CC3(CCC3)Oc3ccc(CC)cc32)c2ccccc2n1. The van der Waals surface area contributed by atoms with E-state index in [1.165, 1.54) is 12.0 Å². The van der Waals surface area contributed by atoms with E-state index in [4.69, 9.17) is 14.5 Å². The number of fused-ring (bicyclic) bond motifs is 2. The maximum atomic E-state index is 14.3. The predicted molar refractivity (Wildman–Crippen MR) is 194 cm³/mol. The van der Waals surface area contributed by atoms with Crippen molar-refractivity contribution in [3.63, 3.8) is 0 Å². The molecule has 1 aliphatic carbocycles. The zero-order valence-corrected chi connectivity index (χ0v) is 28.3. The molecule has 2 aliphatic rings. The van der Waals surface area contributed by atoms with Crippen molar-refractivity contribution in [1.29, 1.82) is 0 Å². The summed E-state index contributed by atoms with van der Waals surface area (Å²) in [6.45, 7) is 4.95. The Morgan fingerprint density at radius 3 is 2.51 bits per heavy atom. The zero-order valence-electron chi connectivity index (χ0n) is 28.3. The first-order valence-corrected chi connectivity index (χ1v) is 17.7. The molecule has 1 spiro atoms. The lowest BCUT2D eigenvalue weighted by Crippen LogP contribution is -2.52. The molecule has 0 unspecified atom stereocenters. The molecule has 1 aromatic heterocycles. The van der Waals surface area contributed by atoms with E-state index >= 15 is 0 Å². The highest BCUT2D eigenvalue weighted by molar-refractivity contribution is 6.07. The van der Waals surface area contributed by atoms with Crippen LogP contribution in [0, 0.1) is 0 Å². The second kappa shape index (κ2) is 14.4. The van der Waals surface area contributed by atoms with E-state index in [9.17, 15) is 9.90 Å². The molecule has 4 aromatic carbocycles. The number of ether oxygens (including phenoxy) is 2. The molecule has 2 heterocycles. The molecule has 1 aliphatic heterocycles. The number of carbonyl (C=O) groups excluding carboxylic acids is 1. The second-order valence-corrected chi connectivity index (χ2v) is 13.4. The maximum absolute atomic E-state index is 14.3. The van der Waals surface area contributed by atoms with Crippen LogP contribution in [0.5, 0.6) is 11.5 Å². The third-order valence-electron chi connectivity index (χ3n) is 10.1. The van der Waals surface area contributed by atoms with Crippen molar-refractivity contribution in [2.24, 2.45) is 0 Å². The largest absolute Gasteiger partial charge is 0.493 e. The Labute approximate surface area is 288 Å². The number of aliphatic hydroxyl groups is 1. The lowest BCUT2D eigenvalue weighted by atomic mass is 9.72. The van der Waals surface area contributed by atoms with Crippen LogP contribution in [0.15, 0.2) is 103 Å². The van der Waals surface area contributed by atoms with Crippen LogP contribution in [0.4, 0.5) is 0 Å². The lowest BCUT2D eigenvalue weighted by Gasteiger charge is -2.48. The van der Waals surface area contributed by atoms with Crippen LogP contribution in [0.2, 0.25) is 0 Å². The summed E-state index contributed by atoms with van der Waals surface area (Å²) in [5, 5.41) is 19.5. The number of hydrogen-bond donors (Lipinski definition) is 3. The fourth-order valence-corrected chi connectivity index (χ4v) is 7.26. The molecule has 0 bridgehead atoms. The number of amides is 1. The Kier molecular flexibility index (Phi) is 9.65. The van der Waals surface area contributed by atoms with Crippen molar-refractivity contribution in [1.82, 2.24) is 15.6 Å². The summed E-state index contributed by atoms with van der Waals surface area (Å²) < 4.78 is 12.5. The van der Waals surface area contributed by atoms with Crippen molar-refractivity contribution in [3.05, 3.63) is 125 Å². The molecule has 1 amide bonds. The minimum Gasteiger partial charge on any atom is -0.493 e. The van der Waals surface area contributed by atoms with Gasteiger partial charge in [0, 0.05) is 35.5 Å². The molecule has 49 heavy (non-hydrogen) atoms. The average Bonchev–Trinajstić information content (AvgIpc) is 3.12. The minimum absolute atomic E-state index is 0.0513. The molecule has 7 nitrogen and oxygen atoms in total. The van der Waals surface area contributed by atoms with Crippen molar-refractivity contribution in [3.8, 4) is 22.8 Å². The summed E-state index contributed by atoms with van der Waals surface area (Å²) in [5.74, 6) is 1.40. The number of aromatic nitrogens is 1. The van der Waals surface area contributed by atoms with Gasteiger partial charge in [0.2, 0.25) is 0 Å². The Bertz CT molecular complexity index is 1920. The molecular formula is C42H45N3O4. The van der Waals surface area contributed by atoms with Gasteiger partial charge in [-0.25, -0.2) is 4.98 Å². The van der Waals surface area contributed by atoms with Gasteiger partial charge in [-0.05, 0) is 80.5 Å². The van der Waals surface area contributed by atoms with Gasteiger partial charge < -0.3 is 25.2 Å². The number of benzene rings is 4. The van der Waals surface area contributed by atoms with Gasteiger partial charge in [0.1, 0.15) is 17.1 Å². The number of pyridine rings is 1. The van der Waals surface area contributed by atoms with Gasteiger partial charge in [0.05, 0.1) is 35.5 Å². The Hall–Kier alpha value is -4.72. The molecule has 1 saturated carbocycles. The summed E-state index contributed by atoms with van der Waals surface area (Å²) in [6.07, 6.45) is 4.71. The minimum atomic E-state index is -0.853. The lowest BCUT2D eigenvalue weighted by molar-refractivity contribution is -0.0382. The molecule has 0 radical (unpaired) electrons. The normalized spacial score (nSPS) is 17.4. The van der Waals surface area contributed by atoms with Crippen LogP contribution < -0.4 is 20.1 Å². The van der Waals surface area contributed by atoms with Crippen LogP contribution in [0.1, 0.15) is 72.6 Å². The summed E-state index contributed by atoms with van der Waals surface area (Å²) in [6, 6.07) is 33.3. The highest BCUT2D eigenvalue weighted by Crippen LogP contribution is 2.49. The third-order valence-corrected chi connectivity index (χ3v) is 10.1. The quantitative estimate of drug-likeness (QED) is 0.128. The van der Waals surface area contributed by atoms with Crippen LogP contribution in [0.25, 0.3) is 22.2 Å². The molecule has 3 atom stereocenters. The second-order valence-electron chi connectivity index (χ2n) is 13.4. The summed E-state index contributed by atoms with van der Waals surface area (Å²) >= 11 is 0. The number of carbonyl (C=O) groups is 1. The number of nitrogens with zero attached hydrogens (tertiary/aromatic N) is 1. The number of para-hydroxylation sites is 2. The van der Waals surface area contributed by atoms with Crippen LogP contribution in [0.3, 0.4) is 0 Å². The van der Waals surface area contributed by atoms with Crippen molar-refractivity contribution in [2.75, 3.05) is 13.2 Å². The molecule has 3 N–H and O–H groups in total. The van der Waals surface area contributed by atoms with Gasteiger partial charge in [-0.1, -0.05) is 79.7 Å². The number of aryl methyl sites for hydroxylation is 1. The van der Waals surface area contributed by atoms with Crippen LogP contribution in [-0.4, -0.2) is 46.9 Å². The number of rotatable bonds is 12. The van der Waals surface area contributed by atoms with Crippen LogP contribution in [-0.2, 0) is 12.8 Å². The van der Waals surface area contributed by atoms with E-state index in [0.717, 1.165) is 53.5 Å². The maximum Gasteiger partial charge on any atom is 0.252 e. The first-order valence-electron chi connectivity index (χ1n) is 17.7. The fraction of sp³-hybridized carbons (Fsp3) is 0.333. The molecule has 252 valence electrons. The van der Waals surface area contributed by atoms with Crippen LogP contribution >= 0.6 is 0 Å². The molecule has 7 heteroatoms. The first-order chi connectivity index (χ1) is 23.9. The fourth-order valence-electron chi connectivity index (χ4n) is 7.26. The van der Waals surface area contributed by atoms with Gasteiger partial charge in [0.15, 0.2) is 0 Å². The Morgan fingerprint density at radius 2 is 1.73 bits per heavy atom. The van der Waals surface area contributed by atoms with E-state index in [0.29, 0.717) is 42.1 Å². The molecule has 1 fully saturated rings. The number of nitrogens with one attached hydrogen (secondary N) is 2. The molecule has 0 saturated heterocycles. The van der Waals surface area contributed by atoms with Gasteiger partial charge in [0.25, 0.3) is 5.91 Å². The predicted octanol–water partition coefficient (Wildman–Crippen LogP) is 7.60. The van der Waals surface area contributed by atoms with Gasteiger partial charge in [-0.3, -0.25) is 4.79 Å². The Balaban J connectivity index is 1.17. The van der Waals surface area contributed by atoms with E-state index in [2.05, 4.69) is 35.8 Å².